The highest BCUT2D eigenvalue weighted by Gasteiger charge is 2.32. The Morgan fingerprint density at radius 3 is 1.49 bits per heavy atom. The van der Waals surface area contributed by atoms with Gasteiger partial charge in [-0.2, -0.15) is 0 Å². The molecule has 0 aliphatic heterocycles. The van der Waals surface area contributed by atoms with Crippen molar-refractivity contribution in [3.05, 3.63) is 145 Å². The molecule has 0 radical (unpaired) electrons. The van der Waals surface area contributed by atoms with E-state index < -0.39 is 16.1 Å². The standard InChI is InChI=1S/C51H66Si2/c1-13-52(14-2,15-3)39-30-26-37(27-31-39)47(38-28-32-40(33-29-38)53(16-4,17-5)18-6)49-46(51(10,11)12)35-42-41-24-21-25-45(50(7,8)9)43(41)34-44(42)48(49)36-22-19-20-23-36/h19-22,24-35H,13-18,23H2,1-12H3. The number of fused-ring (bicyclic) bond motifs is 2. The minimum absolute atomic E-state index is 0.0523. The summed E-state index contributed by atoms with van der Waals surface area (Å²) in [5.41, 5.74) is 11.1. The fourth-order valence-corrected chi connectivity index (χ4v) is 17.0. The normalized spacial score (nSPS) is 14.2. The van der Waals surface area contributed by atoms with Gasteiger partial charge in [-0.1, -0.05) is 215 Å². The zero-order valence-electron chi connectivity index (χ0n) is 35.2. The number of allylic oxidation sites excluding steroid dienone is 4. The Bertz CT molecular complexity index is 2180. The predicted octanol–water partition coefficient (Wildman–Crippen LogP) is 11.7. The molecule has 0 saturated heterocycles. The zero-order valence-corrected chi connectivity index (χ0v) is 37.2. The van der Waals surface area contributed by atoms with Crippen molar-refractivity contribution in [3.8, 4) is 0 Å². The fraction of sp³-hybridized carbons (Fsp3) is 0.412. The van der Waals surface area contributed by atoms with Gasteiger partial charge in [-0.25, -0.2) is 0 Å². The van der Waals surface area contributed by atoms with Crippen molar-refractivity contribution in [3.63, 3.8) is 0 Å². The molecule has 0 fully saturated rings. The maximum atomic E-state index is 2.58. The van der Waals surface area contributed by atoms with E-state index in [9.17, 15) is 0 Å². The van der Waals surface area contributed by atoms with Crippen molar-refractivity contribution in [1.29, 1.82) is 0 Å². The van der Waals surface area contributed by atoms with E-state index in [1.165, 1.54) is 102 Å². The van der Waals surface area contributed by atoms with Crippen LogP contribution < -0.4 is 20.8 Å². The van der Waals surface area contributed by atoms with Crippen LogP contribution in [-0.4, -0.2) is 16.1 Å². The van der Waals surface area contributed by atoms with Gasteiger partial charge in [-0.05, 0) is 94.8 Å². The minimum Gasteiger partial charge on any atom is -0.0801 e. The Labute approximate surface area is 324 Å². The maximum absolute atomic E-state index is 2.58. The molecule has 2 aliphatic carbocycles. The molecule has 0 N–H and O–H groups in total. The fourth-order valence-electron chi connectivity index (χ4n) is 9.80. The Balaban J connectivity index is 1.82. The van der Waals surface area contributed by atoms with Crippen molar-refractivity contribution in [2.75, 3.05) is 0 Å². The van der Waals surface area contributed by atoms with Gasteiger partial charge in [0.15, 0.2) is 0 Å². The predicted molar refractivity (Wildman–Crippen MR) is 241 cm³/mol. The zero-order chi connectivity index (χ0) is 38.3. The van der Waals surface area contributed by atoms with Crippen LogP contribution in [0.2, 0.25) is 36.3 Å². The van der Waals surface area contributed by atoms with Crippen LogP contribution in [0.1, 0.15) is 123 Å². The van der Waals surface area contributed by atoms with Crippen LogP contribution in [0, 0.1) is 10.4 Å². The van der Waals surface area contributed by atoms with Crippen LogP contribution in [0.25, 0.3) is 17.2 Å². The van der Waals surface area contributed by atoms with Crippen molar-refractivity contribution < 1.29 is 0 Å². The molecule has 2 aliphatic rings. The van der Waals surface area contributed by atoms with Gasteiger partial charge in [0, 0.05) is 0 Å². The van der Waals surface area contributed by atoms with E-state index in [2.05, 4.69) is 180 Å². The first-order valence-electron chi connectivity index (χ1n) is 20.9. The van der Waals surface area contributed by atoms with E-state index in [-0.39, 0.29) is 10.8 Å². The summed E-state index contributed by atoms with van der Waals surface area (Å²) in [5.74, 6) is 0. The molecule has 0 aromatic heterocycles. The molecular formula is C51H66Si2. The molecule has 4 aromatic rings. The monoisotopic (exact) mass is 734 g/mol. The van der Waals surface area contributed by atoms with Crippen molar-refractivity contribution in [2.45, 2.75) is 137 Å². The van der Waals surface area contributed by atoms with Gasteiger partial charge in [0.05, 0.1) is 16.1 Å². The SMILES string of the molecule is CC[Si](CC)(CC)c1ccc(C(c2ccc([Si](CC)(CC)CC)cc2)=c2c(C(C)(C)C)cc3c(c2C2=CC=CC2)C=c2c(C(C)(C)C)cccc2=3)cc1. The second-order valence-electron chi connectivity index (χ2n) is 18.1. The van der Waals surface area contributed by atoms with E-state index in [0.29, 0.717) is 0 Å². The van der Waals surface area contributed by atoms with Crippen LogP contribution >= 0.6 is 0 Å². The number of hydrogen-bond donors (Lipinski definition) is 0. The van der Waals surface area contributed by atoms with Crippen molar-refractivity contribution in [1.82, 2.24) is 0 Å². The maximum Gasteiger partial charge on any atom is 0.0859 e. The topological polar surface area (TPSA) is 0 Å². The van der Waals surface area contributed by atoms with Crippen LogP contribution in [0.4, 0.5) is 0 Å². The molecule has 4 aromatic carbocycles. The molecule has 0 atom stereocenters. The van der Waals surface area contributed by atoms with Gasteiger partial charge >= 0.3 is 0 Å². The lowest BCUT2D eigenvalue weighted by Gasteiger charge is -2.30. The highest BCUT2D eigenvalue weighted by atomic mass is 28.3. The van der Waals surface area contributed by atoms with Crippen LogP contribution in [-0.2, 0) is 10.8 Å². The molecule has 2 heteroatoms. The second-order valence-corrected chi connectivity index (χ2v) is 28.6. The van der Waals surface area contributed by atoms with Gasteiger partial charge in [0.1, 0.15) is 0 Å². The molecule has 0 bridgehead atoms. The Morgan fingerprint density at radius 1 is 0.585 bits per heavy atom. The lowest BCUT2D eigenvalue weighted by Crippen LogP contribution is -2.45. The first-order chi connectivity index (χ1) is 25.2. The third kappa shape index (κ3) is 6.89. The lowest BCUT2D eigenvalue weighted by molar-refractivity contribution is 0.584. The summed E-state index contributed by atoms with van der Waals surface area (Å²) in [6.07, 6.45) is 10.5. The smallest absolute Gasteiger partial charge is 0.0801 e. The Morgan fingerprint density at radius 2 is 1.08 bits per heavy atom. The Kier molecular flexibility index (Phi) is 11.1. The van der Waals surface area contributed by atoms with Crippen LogP contribution in [0.3, 0.4) is 0 Å². The first kappa shape index (κ1) is 39.2. The van der Waals surface area contributed by atoms with Gasteiger partial charge < -0.3 is 0 Å². The molecule has 0 nitrogen and oxygen atoms in total. The third-order valence-electron chi connectivity index (χ3n) is 13.6. The molecule has 0 spiro atoms. The number of hydrogen-bond acceptors (Lipinski definition) is 0. The van der Waals surface area contributed by atoms with Crippen LogP contribution in [0.15, 0.2) is 91.0 Å². The summed E-state index contributed by atoms with van der Waals surface area (Å²) in [7, 11) is -3.04. The summed E-state index contributed by atoms with van der Waals surface area (Å²) < 4.78 is 0. The van der Waals surface area contributed by atoms with Gasteiger partial charge in [0.25, 0.3) is 0 Å². The average molecular weight is 735 g/mol. The van der Waals surface area contributed by atoms with Gasteiger partial charge in [-0.3, -0.25) is 0 Å². The molecule has 278 valence electrons. The molecular weight excluding hydrogens is 669 g/mol. The average Bonchev–Trinajstić information content (AvgIpc) is 3.82. The molecule has 0 amide bonds. The first-order valence-corrected chi connectivity index (χ1v) is 26.1. The number of benzene rings is 4. The number of rotatable bonds is 11. The Hall–Kier alpha value is -3.47. The van der Waals surface area contributed by atoms with Crippen molar-refractivity contribution >= 4 is 43.7 Å². The van der Waals surface area contributed by atoms with Crippen LogP contribution in [0.5, 0.6) is 0 Å². The van der Waals surface area contributed by atoms with Crippen molar-refractivity contribution in [2.24, 2.45) is 0 Å². The summed E-state index contributed by atoms with van der Waals surface area (Å²) in [4.78, 5) is 0. The summed E-state index contributed by atoms with van der Waals surface area (Å²) in [6, 6.07) is 37.4. The molecule has 0 unspecified atom stereocenters. The highest BCUT2D eigenvalue weighted by molar-refractivity contribution is 6.92. The summed E-state index contributed by atoms with van der Waals surface area (Å²) in [6.45, 7) is 28.9. The van der Waals surface area contributed by atoms with E-state index >= 15 is 0 Å². The van der Waals surface area contributed by atoms with Gasteiger partial charge in [0.2, 0.25) is 0 Å². The summed E-state index contributed by atoms with van der Waals surface area (Å²) in [5, 5.41) is 8.81. The largest absolute Gasteiger partial charge is 0.0859 e. The van der Waals surface area contributed by atoms with E-state index in [0.717, 1.165) is 6.42 Å². The van der Waals surface area contributed by atoms with E-state index in [4.69, 9.17) is 0 Å². The highest BCUT2D eigenvalue weighted by Crippen LogP contribution is 2.35. The second kappa shape index (κ2) is 15.0. The van der Waals surface area contributed by atoms with E-state index in [1.807, 2.05) is 0 Å². The molecule has 6 rings (SSSR count). The molecule has 0 saturated carbocycles. The minimum atomic E-state index is -1.52. The third-order valence-corrected chi connectivity index (χ3v) is 24.9. The molecule has 0 heterocycles. The lowest BCUT2D eigenvalue weighted by atomic mass is 9.78. The molecule has 53 heavy (non-hydrogen) atoms. The van der Waals surface area contributed by atoms with Gasteiger partial charge in [-0.15, -0.1) is 0 Å². The summed E-state index contributed by atoms with van der Waals surface area (Å²) >= 11 is 0. The van der Waals surface area contributed by atoms with E-state index in [1.54, 1.807) is 10.4 Å². The quantitative estimate of drug-likeness (QED) is 0.119.